The number of ether oxygens (including phenoxy) is 1. The van der Waals surface area contributed by atoms with Gasteiger partial charge in [0.05, 0.1) is 19.3 Å². The molecule has 0 aliphatic carbocycles. The van der Waals surface area contributed by atoms with Crippen molar-refractivity contribution in [3.63, 3.8) is 0 Å². The van der Waals surface area contributed by atoms with Crippen LogP contribution >= 0.6 is 0 Å². The van der Waals surface area contributed by atoms with E-state index < -0.39 is 6.10 Å². The zero-order valence-corrected chi connectivity index (χ0v) is 9.03. The minimum atomic E-state index is -0.586. The molecule has 0 aliphatic rings. The van der Waals surface area contributed by atoms with Gasteiger partial charge in [-0.3, -0.25) is 0 Å². The maximum Gasteiger partial charge on any atom is 0.169 e. The monoisotopic (exact) mass is 205 g/mol. The molecule has 80 valence electrons. The molecule has 15 heavy (non-hydrogen) atoms. The Balaban J connectivity index is 2.93. The van der Waals surface area contributed by atoms with E-state index in [9.17, 15) is 0 Å². The summed E-state index contributed by atoms with van der Waals surface area (Å²) in [7, 11) is 0. The molecule has 3 heteroatoms. The highest BCUT2D eigenvalue weighted by molar-refractivity contribution is 5.36. The number of hydrogen-bond acceptors (Lipinski definition) is 3. The molecule has 1 aromatic carbocycles. The van der Waals surface area contributed by atoms with Gasteiger partial charge in [-0.1, -0.05) is 18.2 Å². The number of nitrogens with zero attached hydrogens (tertiary/aromatic N) is 1. The van der Waals surface area contributed by atoms with E-state index in [1.54, 1.807) is 0 Å². The topological polar surface area (TPSA) is 53.2 Å². The van der Waals surface area contributed by atoms with Crippen LogP contribution < -0.4 is 0 Å². The smallest absolute Gasteiger partial charge is 0.169 e. The lowest BCUT2D eigenvalue weighted by molar-refractivity contribution is 0.0578. The van der Waals surface area contributed by atoms with Crippen LogP contribution in [-0.2, 0) is 4.74 Å². The normalized spacial score (nSPS) is 12.1. The third kappa shape index (κ3) is 2.79. The average molecular weight is 205 g/mol. The molecule has 0 heterocycles. The second-order valence-corrected chi connectivity index (χ2v) is 3.39. The van der Waals surface area contributed by atoms with E-state index in [0.29, 0.717) is 0 Å². The molecular formula is C12H15NO2. The molecule has 1 aromatic rings. The second-order valence-electron chi connectivity index (χ2n) is 3.39. The fraction of sp³-hybridized carbons (Fsp3) is 0.417. The Hall–Kier alpha value is -1.37. The molecule has 3 nitrogen and oxygen atoms in total. The Morgan fingerprint density at radius 3 is 2.80 bits per heavy atom. The van der Waals surface area contributed by atoms with Gasteiger partial charge < -0.3 is 9.84 Å². The highest BCUT2D eigenvalue weighted by Gasteiger charge is 2.13. The van der Waals surface area contributed by atoms with E-state index in [1.165, 1.54) is 0 Å². The largest absolute Gasteiger partial charge is 0.394 e. The number of rotatable bonds is 4. The predicted octanol–water partition coefficient (Wildman–Crippen LogP) is 1.88. The lowest BCUT2D eigenvalue weighted by atomic mass is 10.00. The maximum atomic E-state index is 8.96. The number of aliphatic hydroxyl groups excluding tert-OH is 1. The van der Waals surface area contributed by atoms with E-state index >= 15 is 0 Å². The number of aliphatic hydroxyl groups is 1. The van der Waals surface area contributed by atoms with Crippen molar-refractivity contribution in [1.82, 2.24) is 0 Å². The first kappa shape index (κ1) is 11.7. The summed E-state index contributed by atoms with van der Waals surface area (Å²) in [6.07, 6.45) is -0.586. The van der Waals surface area contributed by atoms with Crippen molar-refractivity contribution >= 4 is 0 Å². The fourth-order valence-electron chi connectivity index (χ4n) is 1.42. The van der Waals surface area contributed by atoms with E-state index in [2.05, 4.69) is 6.07 Å². The molecule has 1 atom stereocenters. The standard InChI is InChI=1S/C12H15NO2/c1-9-4-3-5-11(10(9)2)12(8-13)15-7-6-14/h3-5,12,14H,6-7H2,1-2H3. The summed E-state index contributed by atoms with van der Waals surface area (Å²) in [4.78, 5) is 0. The van der Waals surface area contributed by atoms with Crippen LogP contribution in [-0.4, -0.2) is 18.3 Å². The first-order valence-electron chi connectivity index (χ1n) is 4.89. The van der Waals surface area contributed by atoms with Crippen LogP contribution in [0, 0.1) is 25.2 Å². The van der Waals surface area contributed by atoms with Crippen molar-refractivity contribution in [2.45, 2.75) is 20.0 Å². The number of benzene rings is 1. The van der Waals surface area contributed by atoms with E-state index in [0.717, 1.165) is 16.7 Å². The maximum absolute atomic E-state index is 8.96. The summed E-state index contributed by atoms with van der Waals surface area (Å²) in [5.74, 6) is 0. The molecule has 0 bridgehead atoms. The van der Waals surface area contributed by atoms with Crippen molar-refractivity contribution < 1.29 is 9.84 Å². The van der Waals surface area contributed by atoms with Crippen LogP contribution in [0.1, 0.15) is 22.8 Å². The third-order valence-corrected chi connectivity index (χ3v) is 2.42. The summed E-state index contributed by atoms with van der Waals surface area (Å²) < 4.78 is 5.25. The van der Waals surface area contributed by atoms with Gasteiger partial charge in [-0.2, -0.15) is 5.26 Å². The Morgan fingerprint density at radius 2 is 2.20 bits per heavy atom. The number of aryl methyl sites for hydroxylation is 1. The van der Waals surface area contributed by atoms with Crippen molar-refractivity contribution in [3.8, 4) is 6.07 Å². The molecule has 1 N–H and O–H groups in total. The first-order chi connectivity index (χ1) is 7.20. The molecule has 0 aliphatic heterocycles. The molecule has 0 fully saturated rings. The summed E-state index contributed by atoms with van der Waals surface area (Å²) in [6, 6.07) is 7.88. The highest BCUT2D eigenvalue weighted by Crippen LogP contribution is 2.22. The van der Waals surface area contributed by atoms with Gasteiger partial charge in [-0.25, -0.2) is 0 Å². The Morgan fingerprint density at radius 1 is 1.47 bits per heavy atom. The molecule has 1 rings (SSSR count). The van der Waals surface area contributed by atoms with Gasteiger partial charge in [0.25, 0.3) is 0 Å². The van der Waals surface area contributed by atoms with Gasteiger partial charge in [0.15, 0.2) is 6.10 Å². The van der Waals surface area contributed by atoms with Crippen molar-refractivity contribution in [2.24, 2.45) is 0 Å². The van der Waals surface area contributed by atoms with Crippen LogP contribution in [0.4, 0.5) is 0 Å². The molecule has 1 unspecified atom stereocenters. The van der Waals surface area contributed by atoms with E-state index in [-0.39, 0.29) is 13.2 Å². The molecule has 0 aromatic heterocycles. The summed E-state index contributed by atoms with van der Waals surface area (Å²) >= 11 is 0. The SMILES string of the molecule is Cc1cccc(C(C#N)OCCO)c1C. The zero-order valence-electron chi connectivity index (χ0n) is 9.03. The van der Waals surface area contributed by atoms with Gasteiger partial charge in [0.1, 0.15) is 0 Å². The van der Waals surface area contributed by atoms with Crippen LogP contribution in [0.2, 0.25) is 0 Å². The molecule has 0 radical (unpaired) electrons. The van der Waals surface area contributed by atoms with Gasteiger partial charge in [-0.05, 0) is 30.5 Å². The molecule has 0 spiro atoms. The van der Waals surface area contributed by atoms with E-state index in [1.807, 2.05) is 32.0 Å². The Bertz CT molecular complexity index is 368. The third-order valence-electron chi connectivity index (χ3n) is 2.42. The minimum absolute atomic E-state index is 0.0664. The van der Waals surface area contributed by atoms with E-state index in [4.69, 9.17) is 15.1 Å². The average Bonchev–Trinajstić information content (AvgIpc) is 2.25. The Kier molecular flexibility index (Phi) is 4.29. The molecule has 0 amide bonds. The highest BCUT2D eigenvalue weighted by atomic mass is 16.5. The summed E-state index contributed by atoms with van der Waals surface area (Å²) in [5.41, 5.74) is 3.09. The van der Waals surface area contributed by atoms with Gasteiger partial charge in [0.2, 0.25) is 0 Å². The van der Waals surface area contributed by atoms with Crippen molar-refractivity contribution in [2.75, 3.05) is 13.2 Å². The fourth-order valence-corrected chi connectivity index (χ4v) is 1.42. The van der Waals surface area contributed by atoms with Gasteiger partial charge >= 0.3 is 0 Å². The van der Waals surface area contributed by atoms with Crippen molar-refractivity contribution in [3.05, 3.63) is 34.9 Å². The lowest BCUT2D eigenvalue weighted by Gasteiger charge is -2.14. The van der Waals surface area contributed by atoms with Gasteiger partial charge in [-0.15, -0.1) is 0 Å². The lowest BCUT2D eigenvalue weighted by Crippen LogP contribution is -2.08. The number of nitriles is 1. The van der Waals surface area contributed by atoms with Crippen LogP contribution in [0.5, 0.6) is 0 Å². The quantitative estimate of drug-likeness (QED) is 0.816. The minimum Gasteiger partial charge on any atom is -0.394 e. The van der Waals surface area contributed by atoms with Crippen LogP contribution in [0.3, 0.4) is 0 Å². The molecule has 0 saturated carbocycles. The van der Waals surface area contributed by atoms with Gasteiger partial charge in [0, 0.05) is 0 Å². The zero-order chi connectivity index (χ0) is 11.3. The first-order valence-corrected chi connectivity index (χ1v) is 4.89. The number of hydrogen-bond donors (Lipinski definition) is 1. The summed E-state index contributed by atoms with van der Waals surface area (Å²) in [5, 5.41) is 17.6. The Labute approximate surface area is 89.9 Å². The van der Waals surface area contributed by atoms with Crippen LogP contribution in [0.15, 0.2) is 18.2 Å². The van der Waals surface area contributed by atoms with Crippen LogP contribution in [0.25, 0.3) is 0 Å². The molecule has 0 saturated heterocycles. The molecular weight excluding hydrogens is 190 g/mol. The predicted molar refractivity (Wildman–Crippen MR) is 57.3 cm³/mol. The second kappa shape index (κ2) is 5.50. The summed E-state index contributed by atoms with van der Waals surface area (Å²) in [6.45, 7) is 4.09. The van der Waals surface area contributed by atoms with Crippen molar-refractivity contribution in [1.29, 1.82) is 5.26 Å².